The van der Waals surface area contributed by atoms with Gasteiger partial charge in [-0.05, 0) is 44.2 Å². The highest BCUT2D eigenvalue weighted by Crippen LogP contribution is 2.35. The normalized spacial score (nSPS) is 16.6. The van der Waals surface area contributed by atoms with E-state index in [1.807, 2.05) is 13.0 Å². The molecule has 1 saturated carbocycles. The molecule has 1 aromatic carbocycles. The lowest BCUT2D eigenvalue weighted by atomic mass is 9.96. The predicted molar refractivity (Wildman–Crippen MR) is 71.7 cm³/mol. The van der Waals surface area contributed by atoms with E-state index >= 15 is 0 Å². The van der Waals surface area contributed by atoms with Gasteiger partial charge in [-0.15, -0.1) is 0 Å². The number of likely N-dealkylation sites (N-methyl/N-ethyl adjacent to an activating group) is 1. The molecule has 0 spiro atoms. The molecule has 1 fully saturated rings. The number of rotatable bonds is 6. The average molecular weight is 248 g/mol. The van der Waals surface area contributed by atoms with E-state index in [0.29, 0.717) is 12.0 Å². The van der Waals surface area contributed by atoms with Crippen LogP contribution in [0.25, 0.3) is 0 Å². The van der Waals surface area contributed by atoms with Crippen molar-refractivity contribution < 1.29 is 4.92 Å². The van der Waals surface area contributed by atoms with Gasteiger partial charge in [0.15, 0.2) is 0 Å². The average Bonchev–Trinajstić information content (AvgIpc) is 3.14. The van der Waals surface area contributed by atoms with Crippen LogP contribution >= 0.6 is 0 Å². The van der Waals surface area contributed by atoms with E-state index in [2.05, 4.69) is 12.2 Å². The first-order valence-corrected chi connectivity index (χ1v) is 6.59. The lowest BCUT2D eigenvalue weighted by molar-refractivity contribution is -0.385. The highest BCUT2D eigenvalue weighted by molar-refractivity contribution is 5.45. The number of nitro groups is 1. The van der Waals surface area contributed by atoms with Gasteiger partial charge in [-0.1, -0.05) is 19.1 Å². The summed E-state index contributed by atoms with van der Waals surface area (Å²) < 4.78 is 0. The third-order valence-corrected chi connectivity index (χ3v) is 3.66. The third-order valence-electron chi connectivity index (χ3n) is 3.66. The fourth-order valence-corrected chi connectivity index (χ4v) is 2.51. The molecule has 0 aliphatic heterocycles. The molecule has 0 saturated heterocycles. The summed E-state index contributed by atoms with van der Waals surface area (Å²) in [4.78, 5) is 10.8. The highest BCUT2D eigenvalue weighted by atomic mass is 16.6. The predicted octanol–water partition coefficient (Wildman–Crippen LogP) is 2.83. The third kappa shape index (κ3) is 2.88. The zero-order chi connectivity index (χ0) is 13.1. The molecule has 1 aromatic rings. The maximum absolute atomic E-state index is 11.1. The molecule has 98 valence electrons. The van der Waals surface area contributed by atoms with Gasteiger partial charge in [0, 0.05) is 17.7 Å². The van der Waals surface area contributed by atoms with Crippen LogP contribution in [-0.4, -0.2) is 17.5 Å². The van der Waals surface area contributed by atoms with E-state index in [1.54, 1.807) is 12.1 Å². The van der Waals surface area contributed by atoms with Gasteiger partial charge in [-0.25, -0.2) is 0 Å². The van der Waals surface area contributed by atoms with Crippen LogP contribution in [0.3, 0.4) is 0 Å². The molecule has 0 aromatic heterocycles. The van der Waals surface area contributed by atoms with Gasteiger partial charge < -0.3 is 5.32 Å². The van der Waals surface area contributed by atoms with E-state index in [4.69, 9.17) is 0 Å². The Labute approximate surface area is 108 Å². The summed E-state index contributed by atoms with van der Waals surface area (Å²) in [6.45, 7) is 4.96. The minimum absolute atomic E-state index is 0.263. The van der Waals surface area contributed by atoms with Gasteiger partial charge in [0.05, 0.1) is 4.92 Å². The van der Waals surface area contributed by atoms with Gasteiger partial charge in [-0.2, -0.15) is 0 Å². The molecule has 0 radical (unpaired) electrons. The number of benzene rings is 1. The van der Waals surface area contributed by atoms with Crippen molar-refractivity contribution in [3.05, 3.63) is 39.4 Å². The number of nitro benzene ring substituents is 1. The summed E-state index contributed by atoms with van der Waals surface area (Å²) >= 11 is 0. The number of hydrogen-bond acceptors (Lipinski definition) is 3. The van der Waals surface area contributed by atoms with Gasteiger partial charge in [0.1, 0.15) is 0 Å². The topological polar surface area (TPSA) is 55.2 Å². The molecule has 1 aliphatic carbocycles. The molecule has 1 N–H and O–H groups in total. The second kappa shape index (κ2) is 5.48. The summed E-state index contributed by atoms with van der Waals surface area (Å²) in [6, 6.07) is 5.71. The van der Waals surface area contributed by atoms with Crippen molar-refractivity contribution in [2.24, 2.45) is 5.92 Å². The number of nitrogens with zero attached hydrogens (tertiary/aromatic N) is 1. The maximum atomic E-state index is 11.1. The fraction of sp³-hybridized carbons (Fsp3) is 0.571. The summed E-state index contributed by atoms with van der Waals surface area (Å²) in [5.41, 5.74) is 2.17. The van der Waals surface area contributed by atoms with Crippen LogP contribution in [0.5, 0.6) is 0 Å². The van der Waals surface area contributed by atoms with Gasteiger partial charge >= 0.3 is 0 Å². The Balaban J connectivity index is 2.23. The molecule has 1 aliphatic rings. The maximum Gasteiger partial charge on any atom is 0.272 e. The summed E-state index contributed by atoms with van der Waals surface area (Å²) in [5.74, 6) is 0.698. The Morgan fingerprint density at radius 1 is 1.50 bits per heavy atom. The largest absolute Gasteiger partial charge is 0.314 e. The van der Waals surface area contributed by atoms with Crippen molar-refractivity contribution in [2.75, 3.05) is 6.54 Å². The highest BCUT2D eigenvalue weighted by Gasteiger charge is 2.32. The Hall–Kier alpha value is -1.42. The van der Waals surface area contributed by atoms with E-state index in [9.17, 15) is 10.1 Å². The fourth-order valence-electron chi connectivity index (χ4n) is 2.51. The van der Waals surface area contributed by atoms with E-state index < -0.39 is 0 Å². The number of hydrogen-bond donors (Lipinski definition) is 1. The summed E-state index contributed by atoms with van der Waals surface area (Å²) in [7, 11) is 0. The molecule has 1 unspecified atom stereocenters. The zero-order valence-corrected chi connectivity index (χ0v) is 11.0. The number of nitrogens with one attached hydrogen (secondary N) is 1. The van der Waals surface area contributed by atoms with Crippen LogP contribution < -0.4 is 5.32 Å². The molecular formula is C14H20N2O2. The van der Waals surface area contributed by atoms with E-state index in [-0.39, 0.29) is 10.6 Å². The Morgan fingerprint density at radius 3 is 2.78 bits per heavy atom. The second-order valence-corrected chi connectivity index (χ2v) is 5.04. The Kier molecular flexibility index (Phi) is 3.97. The van der Waals surface area contributed by atoms with Gasteiger partial charge in [0.25, 0.3) is 5.69 Å². The molecule has 0 bridgehead atoms. The Bertz CT molecular complexity index is 441. The minimum atomic E-state index is -0.266. The van der Waals surface area contributed by atoms with Crippen LogP contribution in [0.4, 0.5) is 5.69 Å². The molecule has 18 heavy (non-hydrogen) atoms. The molecular weight excluding hydrogens is 228 g/mol. The summed E-state index contributed by atoms with van der Waals surface area (Å²) in [5, 5.41) is 14.5. The van der Waals surface area contributed by atoms with Crippen molar-refractivity contribution >= 4 is 5.69 Å². The second-order valence-electron chi connectivity index (χ2n) is 5.04. The molecule has 2 rings (SSSR count). The molecule has 4 heteroatoms. The van der Waals surface area contributed by atoms with Crippen LogP contribution in [-0.2, 0) is 6.42 Å². The van der Waals surface area contributed by atoms with Crippen LogP contribution in [0.2, 0.25) is 0 Å². The molecule has 0 amide bonds. The van der Waals surface area contributed by atoms with Crippen LogP contribution in [0, 0.1) is 23.0 Å². The first-order valence-electron chi connectivity index (χ1n) is 6.59. The number of aryl methyl sites for hydroxylation is 1. The first kappa shape index (κ1) is 13.0. The van der Waals surface area contributed by atoms with Crippen molar-refractivity contribution in [1.82, 2.24) is 5.32 Å². The van der Waals surface area contributed by atoms with Crippen LogP contribution in [0.1, 0.15) is 30.9 Å². The molecule has 0 heterocycles. The van der Waals surface area contributed by atoms with Crippen molar-refractivity contribution in [2.45, 2.75) is 39.2 Å². The first-order chi connectivity index (χ1) is 8.63. The lowest BCUT2D eigenvalue weighted by Gasteiger charge is -2.18. The smallest absolute Gasteiger partial charge is 0.272 e. The standard InChI is InChI=1S/C14H20N2O2/c1-3-15-13(11-7-8-11)9-12-10(2)5-4-6-14(12)16(17)18/h4-6,11,13,15H,3,7-9H2,1-2H3. The quantitative estimate of drug-likeness (QED) is 0.622. The Morgan fingerprint density at radius 2 is 2.22 bits per heavy atom. The molecule has 1 atom stereocenters. The minimum Gasteiger partial charge on any atom is -0.314 e. The van der Waals surface area contributed by atoms with Gasteiger partial charge in [-0.3, -0.25) is 10.1 Å². The van der Waals surface area contributed by atoms with Crippen molar-refractivity contribution in [1.29, 1.82) is 0 Å². The van der Waals surface area contributed by atoms with Crippen LogP contribution in [0.15, 0.2) is 18.2 Å². The van der Waals surface area contributed by atoms with E-state index in [0.717, 1.165) is 24.1 Å². The summed E-state index contributed by atoms with van der Waals surface area (Å²) in [6.07, 6.45) is 3.26. The van der Waals surface area contributed by atoms with Crippen molar-refractivity contribution in [3.8, 4) is 0 Å². The zero-order valence-electron chi connectivity index (χ0n) is 11.0. The SMILES string of the molecule is CCNC(Cc1c(C)cccc1[N+](=O)[O-])C1CC1. The lowest BCUT2D eigenvalue weighted by Crippen LogP contribution is -2.33. The van der Waals surface area contributed by atoms with Crippen molar-refractivity contribution in [3.63, 3.8) is 0 Å². The monoisotopic (exact) mass is 248 g/mol. The molecule has 4 nitrogen and oxygen atoms in total. The van der Waals surface area contributed by atoms with Gasteiger partial charge in [0.2, 0.25) is 0 Å². The van der Waals surface area contributed by atoms with E-state index in [1.165, 1.54) is 12.8 Å².